The number of carbonyl (C=O) groups is 1. The first-order chi connectivity index (χ1) is 7.79. The van der Waals surface area contributed by atoms with E-state index in [4.69, 9.17) is 11.0 Å². The molecule has 4 nitrogen and oxygen atoms in total. The molecule has 84 valence electrons. The van der Waals surface area contributed by atoms with Gasteiger partial charge in [-0.3, -0.25) is 4.79 Å². The Balaban J connectivity index is 2.79. The second kappa shape index (κ2) is 6.59. The summed E-state index contributed by atoms with van der Waals surface area (Å²) in [6.07, 6.45) is 0.630. The Morgan fingerprint density at radius 1 is 1.38 bits per heavy atom. The molecule has 0 unspecified atom stereocenters. The second-order valence-electron chi connectivity index (χ2n) is 3.33. The molecule has 0 aliphatic carbocycles. The number of nitrogens with zero attached hydrogens (tertiary/aromatic N) is 2. The molecule has 1 aromatic carbocycles. The maximum absolute atomic E-state index is 11.8. The van der Waals surface area contributed by atoms with Crippen LogP contribution >= 0.6 is 0 Å². The van der Waals surface area contributed by atoms with Crippen molar-refractivity contribution in [2.24, 2.45) is 5.73 Å². The molecular weight excluding hydrogens is 202 g/mol. The molecule has 1 amide bonds. The van der Waals surface area contributed by atoms with Crippen LogP contribution in [-0.4, -0.2) is 19.0 Å². The number of hydrogen-bond acceptors (Lipinski definition) is 3. The van der Waals surface area contributed by atoms with Crippen molar-refractivity contribution in [1.82, 2.24) is 0 Å². The lowest BCUT2D eigenvalue weighted by molar-refractivity contribution is -0.118. The van der Waals surface area contributed by atoms with Crippen LogP contribution in [0, 0.1) is 11.3 Å². The van der Waals surface area contributed by atoms with Crippen molar-refractivity contribution >= 4 is 11.6 Å². The fourth-order valence-corrected chi connectivity index (χ4v) is 1.43. The van der Waals surface area contributed by atoms with Crippen molar-refractivity contribution in [3.8, 4) is 6.07 Å². The van der Waals surface area contributed by atoms with Gasteiger partial charge in [0, 0.05) is 25.2 Å². The summed E-state index contributed by atoms with van der Waals surface area (Å²) in [4.78, 5) is 13.4. The first-order valence-electron chi connectivity index (χ1n) is 5.22. The molecule has 16 heavy (non-hydrogen) atoms. The number of benzene rings is 1. The van der Waals surface area contributed by atoms with Crippen LogP contribution in [0.5, 0.6) is 0 Å². The Labute approximate surface area is 95.3 Å². The molecular formula is C12H15N3O. The molecule has 0 fully saturated rings. The Morgan fingerprint density at radius 3 is 2.62 bits per heavy atom. The minimum absolute atomic E-state index is 0.0380. The summed E-state index contributed by atoms with van der Waals surface area (Å²) in [5.74, 6) is -0.0380. The zero-order chi connectivity index (χ0) is 11.8. The molecule has 2 N–H and O–H groups in total. The zero-order valence-corrected chi connectivity index (χ0v) is 9.10. The minimum Gasteiger partial charge on any atom is -0.330 e. The van der Waals surface area contributed by atoms with E-state index in [0.29, 0.717) is 25.9 Å². The first kappa shape index (κ1) is 12.2. The average molecular weight is 217 g/mol. The van der Waals surface area contributed by atoms with Crippen LogP contribution in [0.3, 0.4) is 0 Å². The molecule has 0 radical (unpaired) electrons. The largest absolute Gasteiger partial charge is 0.330 e. The van der Waals surface area contributed by atoms with Crippen LogP contribution in [0.25, 0.3) is 0 Å². The third-order valence-electron chi connectivity index (χ3n) is 2.17. The van der Waals surface area contributed by atoms with Gasteiger partial charge in [0.1, 0.15) is 0 Å². The van der Waals surface area contributed by atoms with Crippen molar-refractivity contribution in [2.45, 2.75) is 12.8 Å². The highest BCUT2D eigenvalue weighted by atomic mass is 16.2. The third kappa shape index (κ3) is 3.37. The van der Waals surface area contributed by atoms with E-state index in [9.17, 15) is 4.79 Å². The number of amides is 1. The highest BCUT2D eigenvalue weighted by molar-refractivity contribution is 5.93. The summed E-state index contributed by atoms with van der Waals surface area (Å²) < 4.78 is 0. The molecule has 0 spiro atoms. The van der Waals surface area contributed by atoms with E-state index in [-0.39, 0.29) is 5.91 Å². The van der Waals surface area contributed by atoms with Gasteiger partial charge in [0.2, 0.25) is 5.91 Å². The van der Waals surface area contributed by atoms with Crippen molar-refractivity contribution < 1.29 is 4.79 Å². The fourth-order valence-electron chi connectivity index (χ4n) is 1.43. The number of nitrogens with two attached hydrogens (primary N) is 1. The van der Waals surface area contributed by atoms with Crippen molar-refractivity contribution in [3.05, 3.63) is 30.3 Å². The molecule has 0 bridgehead atoms. The van der Waals surface area contributed by atoms with Crippen LogP contribution in [0.2, 0.25) is 0 Å². The van der Waals surface area contributed by atoms with Crippen molar-refractivity contribution in [3.63, 3.8) is 0 Å². The van der Waals surface area contributed by atoms with Gasteiger partial charge in [-0.15, -0.1) is 0 Å². The first-order valence-corrected chi connectivity index (χ1v) is 5.22. The molecule has 1 rings (SSSR count). The lowest BCUT2D eigenvalue weighted by Gasteiger charge is -2.21. The van der Waals surface area contributed by atoms with Crippen LogP contribution in [0.15, 0.2) is 30.3 Å². The van der Waals surface area contributed by atoms with Gasteiger partial charge in [0.05, 0.1) is 12.5 Å². The lowest BCUT2D eigenvalue weighted by atomic mass is 10.2. The Hall–Kier alpha value is -1.86. The van der Waals surface area contributed by atoms with E-state index in [1.54, 1.807) is 4.90 Å². The van der Waals surface area contributed by atoms with E-state index in [0.717, 1.165) is 5.69 Å². The van der Waals surface area contributed by atoms with Gasteiger partial charge >= 0.3 is 0 Å². The monoisotopic (exact) mass is 217 g/mol. The summed E-state index contributed by atoms with van der Waals surface area (Å²) in [7, 11) is 0. The molecule has 0 heterocycles. The van der Waals surface area contributed by atoms with Crippen LogP contribution in [0.1, 0.15) is 12.8 Å². The number of carbonyl (C=O) groups excluding carboxylic acids is 1. The van der Waals surface area contributed by atoms with Gasteiger partial charge < -0.3 is 10.6 Å². The predicted octanol–water partition coefficient (Wildman–Crippen LogP) is 1.28. The van der Waals surface area contributed by atoms with Gasteiger partial charge in [-0.25, -0.2) is 0 Å². The van der Waals surface area contributed by atoms with Crippen molar-refractivity contribution in [1.29, 1.82) is 5.26 Å². The number of para-hydroxylation sites is 1. The summed E-state index contributed by atoms with van der Waals surface area (Å²) in [6, 6.07) is 11.4. The van der Waals surface area contributed by atoms with Gasteiger partial charge in [0.15, 0.2) is 0 Å². The summed E-state index contributed by atoms with van der Waals surface area (Å²) in [5, 5.41) is 8.56. The molecule has 0 aromatic heterocycles. The van der Waals surface area contributed by atoms with E-state index in [2.05, 4.69) is 0 Å². The zero-order valence-electron chi connectivity index (χ0n) is 9.10. The summed E-state index contributed by atoms with van der Waals surface area (Å²) >= 11 is 0. The smallest absolute Gasteiger partial charge is 0.228 e. The van der Waals surface area contributed by atoms with Crippen LogP contribution in [-0.2, 0) is 4.79 Å². The third-order valence-corrected chi connectivity index (χ3v) is 2.17. The molecule has 0 atom stereocenters. The second-order valence-corrected chi connectivity index (χ2v) is 3.33. The maximum Gasteiger partial charge on any atom is 0.228 e. The Kier molecular flexibility index (Phi) is 5.03. The van der Waals surface area contributed by atoms with E-state index in [1.807, 2.05) is 36.4 Å². The van der Waals surface area contributed by atoms with Gasteiger partial charge in [0.25, 0.3) is 0 Å². The van der Waals surface area contributed by atoms with E-state index < -0.39 is 0 Å². The number of nitriles is 1. The van der Waals surface area contributed by atoms with E-state index >= 15 is 0 Å². The molecule has 0 aliphatic rings. The highest BCUT2D eigenvalue weighted by Crippen LogP contribution is 2.14. The van der Waals surface area contributed by atoms with Crippen molar-refractivity contribution in [2.75, 3.05) is 18.0 Å². The summed E-state index contributed by atoms with van der Waals surface area (Å²) in [5.41, 5.74) is 6.18. The van der Waals surface area contributed by atoms with E-state index in [1.165, 1.54) is 0 Å². The number of rotatable bonds is 5. The fraction of sp³-hybridized carbons (Fsp3) is 0.333. The SMILES string of the molecule is N#CCCN(C(=O)CCN)c1ccccc1. The molecule has 4 heteroatoms. The molecule has 0 saturated carbocycles. The standard InChI is InChI=1S/C12H15N3O/c13-8-4-10-15(12(16)7-9-14)11-5-2-1-3-6-11/h1-3,5-6H,4,7,9-10,14H2. The maximum atomic E-state index is 11.8. The topological polar surface area (TPSA) is 70.1 Å². The quantitative estimate of drug-likeness (QED) is 0.807. The highest BCUT2D eigenvalue weighted by Gasteiger charge is 2.13. The van der Waals surface area contributed by atoms with Gasteiger partial charge in [-0.1, -0.05) is 18.2 Å². The number of anilines is 1. The minimum atomic E-state index is -0.0380. The van der Waals surface area contributed by atoms with Crippen LogP contribution < -0.4 is 10.6 Å². The molecule has 0 saturated heterocycles. The average Bonchev–Trinajstić information content (AvgIpc) is 2.31. The Morgan fingerprint density at radius 2 is 2.06 bits per heavy atom. The molecule has 0 aliphatic heterocycles. The Bertz CT molecular complexity index is 370. The lowest BCUT2D eigenvalue weighted by Crippen LogP contribution is -2.33. The summed E-state index contributed by atoms with van der Waals surface area (Å²) in [6.45, 7) is 0.744. The van der Waals surface area contributed by atoms with Crippen LogP contribution in [0.4, 0.5) is 5.69 Å². The predicted molar refractivity (Wildman–Crippen MR) is 62.7 cm³/mol. The van der Waals surface area contributed by atoms with Gasteiger partial charge in [-0.05, 0) is 12.1 Å². The normalized spacial score (nSPS) is 9.50. The van der Waals surface area contributed by atoms with Gasteiger partial charge in [-0.2, -0.15) is 5.26 Å². The molecule has 1 aromatic rings. The number of hydrogen-bond donors (Lipinski definition) is 1.